The monoisotopic (exact) mass is 283 g/mol. The van der Waals surface area contributed by atoms with Crippen LogP contribution in [-0.2, 0) is 0 Å². The zero-order valence-electron chi connectivity index (χ0n) is 9.89. The van der Waals surface area contributed by atoms with Crippen molar-refractivity contribution in [1.29, 1.82) is 0 Å². The van der Waals surface area contributed by atoms with Gasteiger partial charge in [0.15, 0.2) is 6.29 Å². The summed E-state index contributed by atoms with van der Waals surface area (Å²) in [5.74, 6) is -0.728. The number of hydrogen-bond acceptors (Lipinski definition) is 4. The normalized spacial score (nSPS) is 11.2. The Morgan fingerprint density at radius 3 is 2.55 bits per heavy atom. The van der Waals surface area contributed by atoms with Crippen LogP contribution < -0.4 is 4.74 Å². The number of aromatic hydroxyl groups is 1. The van der Waals surface area contributed by atoms with E-state index < -0.39 is 6.36 Å². The molecule has 0 saturated heterocycles. The molecule has 20 heavy (non-hydrogen) atoms. The molecule has 0 fully saturated rings. The number of ether oxygens (including phenoxy) is 1. The summed E-state index contributed by atoms with van der Waals surface area (Å²) in [4.78, 5) is 14.2. The van der Waals surface area contributed by atoms with Crippen LogP contribution in [0.1, 0.15) is 10.5 Å². The van der Waals surface area contributed by atoms with Crippen LogP contribution in [0.15, 0.2) is 36.5 Å². The van der Waals surface area contributed by atoms with Crippen molar-refractivity contribution in [3.8, 4) is 22.6 Å². The lowest BCUT2D eigenvalue weighted by molar-refractivity contribution is -0.274. The number of carbonyl (C=O) groups is 1. The van der Waals surface area contributed by atoms with E-state index in [-0.39, 0.29) is 17.2 Å². The highest BCUT2D eigenvalue weighted by molar-refractivity contribution is 5.78. The Morgan fingerprint density at radius 1 is 1.20 bits per heavy atom. The van der Waals surface area contributed by atoms with Crippen molar-refractivity contribution in [2.75, 3.05) is 0 Å². The molecule has 0 aliphatic rings. The summed E-state index contributed by atoms with van der Waals surface area (Å²) in [5, 5.41) is 9.50. The van der Waals surface area contributed by atoms with Gasteiger partial charge in [-0.3, -0.25) is 4.79 Å². The largest absolute Gasteiger partial charge is 0.573 e. The fraction of sp³-hybridized carbons (Fsp3) is 0.0769. The van der Waals surface area contributed by atoms with Crippen molar-refractivity contribution in [2.45, 2.75) is 6.36 Å². The number of aldehydes is 1. The molecule has 1 heterocycles. The Balaban J connectivity index is 2.36. The van der Waals surface area contributed by atoms with Crippen LogP contribution in [0.4, 0.5) is 13.2 Å². The summed E-state index contributed by atoms with van der Waals surface area (Å²) in [6, 6.07) is 6.46. The number of carbonyl (C=O) groups excluding carboxylic acids is 1. The van der Waals surface area contributed by atoms with Crippen molar-refractivity contribution in [1.82, 2.24) is 4.98 Å². The van der Waals surface area contributed by atoms with Crippen LogP contribution in [0.3, 0.4) is 0 Å². The number of pyridine rings is 1. The van der Waals surface area contributed by atoms with E-state index in [0.717, 1.165) is 12.1 Å². The highest BCUT2D eigenvalue weighted by atomic mass is 19.4. The second-order valence-electron chi connectivity index (χ2n) is 3.82. The van der Waals surface area contributed by atoms with Gasteiger partial charge in [0.2, 0.25) is 0 Å². The summed E-state index contributed by atoms with van der Waals surface area (Å²) in [7, 11) is 0. The van der Waals surface area contributed by atoms with Gasteiger partial charge in [0.1, 0.15) is 17.2 Å². The fourth-order valence-electron chi connectivity index (χ4n) is 1.59. The van der Waals surface area contributed by atoms with Crippen LogP contribution >= 0.6 is 0 Å². The molecule has 1 aromatic heterocycles. The Bertz CT molecular complexity index is 641. The molecule has 4 nitrogen and oxygen atoms in total. The number of nitrogens with zero attached hydrogens (tertiary/aromatic N) is 1. The molecule has 1 aromatic carbocycles. The van der Waals surface area contributed by atoms with Gasteiger partial charge in [0, 0.05) is 11.8 Å². The number of benzene rings is 1. The van der Waals surface area contributed by atoms with Gasteiger partial charge in [-0.2, -0.15) is 0 Å². The molecule has 0 unspecified atom stereocenters. The van der Waals surface area contributed by atoms with Crippen molar-refractivity contribution >= 4 is 6.29 Å². The quantitative estimate of drug-likeness (QED) is 0.879. The van der Waals surface area contributed by atoms with Crippen LogP contribution in [0, 0.1) is 0 Å². The molecule has 0 aliphatic carbocycles. The number of alkyl halides is 3. The van der Waals surface area contributed by atoms with Crippen LogP contribution in [0.25, 0.3) is 11.1 Å². The Hall–Kier alpha value is -2.57. The van der Waals surface area contributed by atoms with Crippen molar-refractivity contribution in [3.05, 3.63) is 42.2 Å². The summed E-state index contributed by atoms with van der Waals surface area (Å²) in [5.41, 5.74) is 0.587. The molecule has 1 N–H and O–H groups in total. The van der Waals surface area contributed by atoms with E-state index in [9.17, 15) is 23.1 Å². The lowest BCUT2D eigenvalue weighted by atomic mass is 10.1. The molecule has 2 aromatic rings. The van der Waals surface area contributed by atoms with Crippen molar-refractivity contribution in [2.24, 2.45) is 0 Å². The summed E-state index contributed by atoms with van der Waals surface area (Å²) in [6.45, 7) is 0. The van der Waals surface area contributed by atoms with Crippen LogP contribution in [0.5, 0.6) is 11.5 Å². The first-order valence-corrected chi connectivity index (χ1v) is 5.39. The Kier molecular flexibility index (Phi) is 3.60. The highest BCUT2D eigenvalue weighted by Crippen LogP contribution is 2.29. The molecular formula is C13H8F3NO3. The van der Waals surface area contributed by atoms with E-state index in [4.69, 9.17) is 0 Å². The molecule has 0 spiro atoms. The highest BCUT2D eigenvalue weighted by Gasteiger charge is 2.31. The predicted molar refractivity (Wildman–Crippen MR) is 63.4 cm³/mol. The fourth-order valence-corrected chi connectivity index (χ4v) is 1.59. The minimum absolute atomic E-state index is 0.142. The summed E-state index contributed by atoms with van der Waals surface area (Å²) >= 11 is 0. The number of rotatable bonds is 3. The topological polar surface area (TPSA) is 59.4 Å². The minimum atomic E-state index is -4.78. The molecule has 0 radical (unpaired) electrons. The van der Waals surface area contributed by atoms with Gasteiger partial charge in [-0.1, -0.05) is 12.1 Å². The first-order chi connectivity index (χ1) is 9.39. The van der Waals surface area contributed by atoms with Gasteiger partial charge < -0.3 is 9.84 Å². The van der Waals surface area contributed by atoms with Gasteiger partial charge >= 0.3 is 6.36 Å². The molecule has 0 aliphatic heterocycles. The predicted octanol–water partition coefficient (Wildman–Crippen LogP) is 3.17. The van der Waals surface area contributed by atoms with Gasteiger partial charge in [-0.05, 0) is 23.8 Å². The van der Waals surface area contributed by atoms with Crippen molar-refractivity contribution in [3.63, 3.8) is 0 Å². The number of halogens is 3. The van der Waals surface area contributed by atoms with Gasteiger partial charge in [-0.25, -0.2) is 4.98 Å². The molecule has 0 atom stereocenters. The first kappa shape index (κ1) is 13.9. The van der Waals surface area contributed by atoms with Crippen LogP contribution in [-0.4, -0.2) is 22.7 Å². The number of hydrogen-bond donors (Lipinski definition) is 1. The lowest BCUT2D eigenvalue weighted by Crippen LogP contribution is -2.17. The van der Waals surface area contributed by atoms with E-state index >= 15 is 0 Å². The maximum Gasteiger partial charge on any atom is 0.573 e. The average molecular weight is 283 g/mol. The second-order valence-corrected chi connectivity index (χ2v) is 3.82. The maximum atomic E-state index is 12.1. The molecule has 0 amide bonds. The third-order valence-electron chi connectivity index (χ3n) is 2.41. The second kappa shape index (κ2) is 5.20. The van der Waals surface area contributed by atoms with E-state index in [1.54, 1.807) is 0 Å². The zero-order chi connectivity index (χ0) is 14.8. The Morgan fingerprint density at radius 2 is 1.95 bits per heavy atom. The van der Waals surface area contributed by atoms with Gasteiger partial charge in [0.25, 0.3) is 0 Å². The van der Waals surface area contributed by atoms with Crippen molar-refractivity contribution < 1.29 is 27.8 Å². The Labute approximate surface area is 111 Å². The lowest BCUT2D eigenvalue weighted by Gasteiger charge is -2.10. The van der Waals surface area contributed by atoms with E-state index in [1.165, 1.54) is 24.4 Å². The molecule has 7 heteroatoms. The SMILES string of the molecule is O=Cc1ncc(-c2cccc(OC(F)(F)F)c2)cc1O. The smallest absolute Gasteiger partial charge is 0.506 e. The standard InChI is InChI=1S/C13H8F3NO3/c14-13(15,16)20-10-3-1-2-8(4-10)9-5-12(19)11(7-18)17-6-9/h1-7,19H. The van der Waals surface area contributed by atoms with E-state index in [2.05, 4.69) is 9.72 Å². The summed E-state index contributed by atoms with van der Waals surface area (Å²) in [6.07, 6.45) is -3.13. The average Bonchev–Trinajstić information content (AvgIpc) is 2.37. The third kappa shape index (κ3) is 3.25. The maximum absolute atomic E-state index is 12.1. The number of aromatic nitrogens is 1. The first-order valence-electron chi connectivity index (χ1n) is 5.39. The third-order valence-corrected chi connectivity index (χ3v) is 2.41. The summed E-state index contributed by atoms with van der Waals surface area (Å²) < 4.78 is 40.2. The van der Waals surface area contributed by atoms with Gasteiger partial charge in [0.05, 0.1) is 0 Å². The molecule has 0 saturated carbocycles. The van der Waals surface area contributed by atoms with Crippen LogP contribution in [0.2, 0.25) is 0 Å². The molecule has 104 valence electrons. The molecule has 0 bridgehead atoms. The zero-order valence-corrected chi connectivity index (χ0v) is 9.89. The molecular weight excluding hydrogens is 275 g/mol. The van der Waals surface area contributed by atoms with E-state index in [1.807, 2.05) is 0 Å². The van der Waals surface area contributed by atoms with Gasteiger partial charge in [-0.15, -0.1) is 13.2 Å². The minimum Gasteiger partial charge on any atom is -0.506 e. The van der Waals surface area contributed by atoms with E-state index in [0.29, 0.717) is 17.4 Å². The molecule has 2 rings (SSSR count).